The molecular weight excluding hydrogens is 190 g/mol. The minimum Gasteiger partial charge on any atom is -0.508 e. The van der Waals surface area contributed by atoms with Gasteiger partial charge in [-0.1, -0.05) is 18.2 Å². The molecule has 0 radical (unpaired) electrons. The molecule has 0 aromatic heterocycles. The van der Waals surface area contributed by atoms with Crippen LogP contribution in [0.1, 0.15) is 5.56 Å². The lowest BCUT2D eigenvalue weighted by atomic mass is 10.1. The van der Waals surface area contributed by atoms with E-state index in [0.29, 0.717) is 13.0 Å². The fraction of sp³-hybridized carbons (Fsp3) is 0.222. The molecule has 0 atom stereocenters. The zero-order chi connectivity index (χ0) is 9.68. The first kappa shape index (κ1) is 9.86. The van der Waals surface area contributed by atoms with Crippen molar-refractivity contribution in [1.29, 1.82) is 0 Å². The Morgan fingerprint density at radius 3 is 2.77 bits per heavy atom. The number of halogens is 1. The van der Waals surface area contributed by atoms with Gasteiger partial charge in [-0.05, 0) is 29.7 Å². The van der Waals surface area contributed by atoms with Gasteiger partial charge in [0.1, 0.15) is 5.75 Å². The van der Waals surface area contributed by atoms with Crippen LogP contribution in [0.25, 0.3) is 0 Å². The number of nitrogens with one attached hydrogen (secondary N) is 1. The Bertz CT molecular complexity index is 301. The zero-order valence-electron chi connectivity index (χ0n) is 6.96. The van der Waals surface area contributed by atoms with Crippen molar-refractivity contribution in [2.45, 2.75) is 6.42 Å². The van der Waals surface area contributed by atoms with Crippen LogP contribution in [0.15, 0.2) is 24.3 Å². The molecule has 0 aliphatic carbocycles. The van der Waals surface area contributed by atoms with Crippen LogP contribution in [0.5, 0.6) is 5.75 Å². The third-order valence-electron chi connectivity index (χ3n) is 1.65. The van der Waals surface area contributed by atoms with E-state index < -0.39 is 5.37 Å². The van der Waals surface area contributed by atoms with E-state index in [2.05, 4.69) is 5.32 Å². The molecule has 0 saturated carbocycles. The van der Waals surface area contributed by atoms with E-state index in [1.807, 2.05) is 6.07 Å². The van der Waals surface area contributed by atoms with Crippen molar-refractivity contribution in [2.24, 2.45) is 0 Å². The molecule has 0 spiro atoms. The van der Waals surface area contributed by atoms with E-state index in [9.17, 15) is 9.90 Å². The Kier molecular flexibility index (Phi) is 3.58. The highest BCUT2D eigenvalue weighted by atomic mass is 35.5. The molecule has 1 aromatic rings. The van der Waals surface area contributed by atoms with E-state index in [1.165, 1.54) is 0 Å². The fourth-order valence-corrected chi connectivity index (χ4v) is 1.11. The van der Waals surface area contributed by atoms with E-state index in [4.69, 9.17) is 11.6 Å². The zero-order valence-corrected chi connectivity index (χ0v) is 7.71. The number of para-hydroxylation sites is 1. The van der Waals surface area contributed by atoms with Crippen molar-refractivity contribution in [1.82, 2.24) is 5.32 Å². The molecule has 0 unspecified atom stereocenters. The standard InChI is InChI=1S/C9H10ClNO2/c10-9(13)11-6-5-7-3-1-2-4-8(7)12/h1-4,12H,5-6H2,(H,11,13). The highest BCUT2D eigenvalue weighted by molar-refractivity contribution is 6.62. The van der Waals surface area contributed by atoms with Gasteiger partial charge in [0.25, 0.3) is 0 Å². The summed E-state index contributed by atoms with van der Waals surface area (Å²) < 4.78 is 0. The van der Waals surface area contributed by atoms with Gasteiger partial charge < -0.3 is 10.4 Å². The number of aromatic hydroxyl groups is 1. The van der Waals surface area contributed by atoms with Crippen molar-refractivity contribution in [3.8, 4) is 5.75 Å². The van der Waals surface area contributed by atoms with Crippen LogP contribution in [-0.2, 0) is 6.42 Å². The lowest BCUT2D eigenvalue weighted by Crippen LogP contribution is -2.19. The Morgan fingerprint density at radius 2 is 2.15 bits per heavy atom. The van der Waals surface area contributed by atoms with Gasteiger partial charge in [-0.3, -0.25) is 4.79 Å². The van der Waals surface area contributed by atoms with Crippen LogP contribution in [0.3, 0.4) is 0 Å². The van der Waals surface area contributed by atoms with Gasteiger partial charge in [-0.2, -0.15) is 0 Å². The highest BCUT2D eigenvalue weighted by Gasteiger charge is 1.99. The molecule has 4 heteroatoms. The van der Waals surface area contributed by atoms with E-state index in [0.717, 1.165) is 5.56 Å². The van der Waals surface area contributed by atoms with Crippen LogP contribution in [0, 0.1) is 0 Å². The third kappa shape index (κ3) is 3.34. The van der Waals surface area contributed by atoms with Gasteiger partial charge in [0.2, 0.25) is 0 Å². The minimum absolute atomic E-state index is 0.242. The molecular formula is C9H10ClNO2. The normalized spacial score (nSPS) is 9.62. The number of carbonyl (C=O) groups excluding carboxylic acids is 1. The topological polar surface area (TPSA) is 49.3 Å². The molecule has 70 valence electrons. The molecule has 1 amide bonds. The summed E-state index contributed by atoms with van der Waals surface area (Å²) in [6.45, 7) is 0.430. The number of hydrogen-bond donors (Lipinski definition) is 2. The quantitative estimate of drug-likeness (QED) is 0.577. The van der Waals surface area contributed by atoms with E-state index in [-0.39, 0.29) is 5.75 Å². The maximum Gasteiger partial charge on any atom is 0.313 e. The van der Waals surface area contributed by atoms with Crippen molar-refractivity contribution < 1.29 is 9.90 Å². The number of hydrogen-bond acceptors (Lipinski definition) is 2. The van der Waals surface area contributed by atoms with E-state index in [1.54, 1.807) is 18.2 Å². The highest BCUT2D eigenvalue weighted by Crippen LogP contribution is 2.15. The van der Waals surface area contributed by atoms with Gasteiger partial charge in [-0.15, -0.1) is 0 Å². The Hall–Kier alpha value is -1.22. The fourth-order valence-electron chi connectivity index (χ4n) is 1.02. The Morgan fingerprint density at radius 1 is 1.46 bits per heavy atom. The number of benzene rings is 1. The lowest BCUT2D eigenvalue weighted by molar-refractivity contribution is 0.260. The summed E-state index contributed by atoms with van der Waals surface area (Å²) in [6.07, 6.45) is 0.575. The SMILES string of the molecule is O=C(Cl)NCCc1ccccc1O. The molecule has 3 nitrogen and oxygen atoms in total. The number of phenolic OH excluding ortho intramolecular Hbond substituents is 1. The summed E-state index contributed by atoms with van der Waals surface area (Å²) in [7, 11) is 0. The first-order valence-corrected chi connectivity index (χ1v) is 4.28. The minimum atomic E-state index is -0.574. The van der Waals surface area contributed by atoms with Crippen LogP contribution in [0.4, 0.5) is 4.79 Å². The van der Waals surface area contributed by atoms with Gasteiger partial charge in [-0.25, -0.2) is 0 Å². The second-order valence-electron chi connectivity index (χ2n) is 2.58. The molecule has 0 saturated heterocycles. The lowest BCUT2D eigenvalue weighted by Gasteiger charge is -2.03. The van der Waals surface area contributed by atoms with Gasteiger partial charge in [0.15, 0.2) is 0 Å². The van der Waals surface area contributed by atoms with Crippen LogP contribution < -0.4 is 5.32 Å². The molecule has 0 aliphatic heterocycles. The van der Waals surface area contributed by atoms with Crippen LogP contribution in [-0.4, -0.2) is 17.0 Å². The third-order valence-corrected chi connectivity index (χ3v) is 1.78. The predicted molar refractivity (Wildman–Crippen MR) is 51.1 cm³/mol. The summed E-state index contributed by atoms with van der Waals surface area (Å²) >= 11 is 5.07. The molecule has 1 rings (SSSR count). The van der Waals surface area contributed by atoms with Crippen molar-refractivity contribution >= 4 is 17.0 Å². The van der Waals surface area contributed by atoms with Crippen molar-refractivity contribution in [2.75, 3.05) is 6.54 Å². The van der Waals surface area contributed by atoms with Gasteiger partial charge >= 0.3 is 5.37 Å². The van der Waals surface area contributed by atoms with Gasteiger partial charge in [0.05, 0.1) is 0 Å². The van der Waals surface area contributed by atoms with Crippen LogP contribution >= 0.6 is 11.6 Å². The second-order valence-corrected chi connectivity index (χ2v) is 2.92. The summed E-state index contributed by atoms with van der Waals surface area (Å²) in [6, 6.07) is 6.99. The first-order valence-electron chi connectivity index (χ1n) is 3.90. The second kappa shape index (κ2) is 4.72. The number of rotatable bonds is 3. The van der Waals surface area contributed by atoms with Gasteiger partial charge in [0, 0.05) is 6.54 Å². The monoisotopic (exact) mass is 199 g/mol. The largest absolute Gasteiger partial charge is 0.508 e. The molecule has 0 heterocycles. The average Bonchev–Trinajstić information content (AvgIpc) is 2.08. The molecule has 0 bridgehead atoms. The smallest absolute Gasteiger partial charge is 0.313 e. The van der Waals surface area contributed by atoms with Crippen molar-refractivity contribution in [3.05, 3.63) is 29.8 Å². The number of amides is 1. The molecule has 13 heavy (non-hydrogen) atoms. The Balaban J connectivity index is 2.45. The summed E-state index contributed by atoms with van der Waals surface area (Å²) in [5, 5.41) is 11.2. The summed E-state index contributed by atoms with van der Waals surface area (Å²) in [5.74, 6) is 0.242. The number of phenols is 1. The molecule has 0 aliphatic rings. The van der Waals surface area contributed by atoms with Crippen molar-refractivity contribution in [3.63, 3.8) is 0 Å². The number of carbonyl (C=O) groups is 1. The summed E-state index contributed by atoms with van der Waals surface area (Å²) in [5.41, 5.74) is 0.799. The summed E-state index contributed by atoms with van der Waals surface area (Å²) in [4.78, 5) is 10.3. The Labute approximate surface area is 81.3 Å². The molecule has 0 fully saturated rings. The maximum absolute atomic E-state index is 10.3. The first-order chi connectivity index (χ1) is 6.20. The molecule has 2 N–H and O–H groups in total. The maximum atomic E-state index is 10.3. The van der Waals surface area contributed by atoms with E-state index >= 15 is 0 Å². The average molecular weight is 200 g/mol. The molecule has 1 aromatic carbocycles. The van der Waals surface area contributed by atoms with Crippen LogP contribution in [0.2, 0.25) is 0 Å². The predicted octanol–water partition coefficient (Wildman–Crippen LogP) is 1.88.